The van der Waals surface area contributed by atoms with Crippen molar-refractivity contribution in [2.75, 3.05) is 26.8 Å². The molecule has 3 aromatic heterocycles. The molecule has 0 saturated carbocycles. The predicted octanol–water partition coefficient (Wildman–Crippen LogP) is 2.19. The summed E-state index contributed by atoms with van der Waals surface area (Å²) in [4.78, 5) is 35.2. The van der Waals surface area contributed by atoms with Gasteiger partial charge in [0.2, 0.25) is 0 Å². The second-order valence-electron chi connectivity index (χ2n) is 7.53. The summed E-state index contributed by atoms with van der Waals surface area (Å²) in [5.41, 5.74) is 2.52. The molecule has 0 radical (unpaired) electrons. The first-order valence-electron chi connectivity index (χ1n) is 10.2. The highest BCUT2D eigenvalue weighted by Gasteiger charge is 2.23. The van der Waals surface area contributed by atoms with Gasteiger partial charge < -0.3 is 9.72 Å². The molecule has 156 valence electrons. The number of piperidine rings is 1. The number of nitrogens with zero attached hydrogens (tertiary/aromatic N) is 5. The Balaban J connectivity index is 1.37. The van der Waals surface area contributed by atoms with Gasteiger partial charge in [-0.15, -0.1) is 0 Å². The molecular formula is C22H26N6O2. The Hall–Kier alpha value is -2.97. The zero-order valence-electron chi connectivity index (χ0n) is 17.1. The maximum Gasteiger partial charge on any atom is 0.251 e. The van der Waals surface area contributed by atoms with Crippen LogP contribution in [-0.4, -0.2) is 56.6 Å². The first-order chi connectivity index (χ1) is 14.7. The van der Waals surface area contributed by atoms with Gasteiger partial charge in [0, 0.05) is 56.2 Å². The van der Waals surface area contributed by atoms with Gasteiger partial charge in [-0.25, -0.2) is 15.0 Å². The van der Waals surface area contributed by atoms with E-state index in [0.29, 0.717) is 18.1 Å². The standard InChI is InChI=1S/C22H26N6O2/c1-30-11-7-20-24-13-16(14-25-20)15-28-9-5-17(6-10-28)19-12-21(29)27-22(26-19)18-4-2-3-8-23-18/h2-4,8,12-14,17H,5-7,9-11,15H2,1H3,(H,26,27,29). The third-order valence-electron chi connectivity index (χ3n) is 5.37. The maximum atomic E-state index is 12.2. The van der Waals surface area contributed by atoms with Crippen molar-refractivity contribution in [1.29, 1.82) is 0 Å². The quantitative estimate of drug-likeness (QED) is 0.642. The first kappa shape index (κ1) is 20.3. The Bertz CT molecular complexity index is 998. The monoisotopic (exact) mass is 406 g/mol. The Labute approximate surface area is 175 Å². The number of nitrogens with one attached hydrogen (secondary N) is 1. The van der Waals surface area contributed by atoms with Crippen LogP contribution < -0.4 is 5.56 Å². The van der Waals surface area contributed by atoms with E-state index in [4.69, 9.17) is 9.72 Å². The van der Waals surface area contributed by atoms with Crippen LogP contribution in [0.5, 0.6) is 0 Å². The fourth-order valence-corrected chi connectivity index (χ4v) is 3.74. The fourth-order valence-electron chi connectivity index (χ4n) is 3.74. The van der Waals surface area contributed by atoms with Crippen molar-refractivity contribution in [3.63, 3.8) is 0 Å². The predicted molar refractivity (Wildman–Crippen MR) is 113 cm³/mol. The summed E-state index contributed by atoms with van der Waals surface area (Å²) in [6, 6.07) is 7.22. The number of H-pyrrole nitrogens is 1. The molecule has 0 bridgehead atoms. The van der Waals surface area contributed by atoms with Crippen molar-refractivity contribution >= 4 is 0 Å². The minimum absolute atomic E-state index is 0.131. The van der Waals surface area contributed by atoms with E-state index in [1.165, 1.54) is 0 Å². The van der Waals surface area contributed by atoms with Crippen LogP contribution in [0.15, 0.2) is 47.7 Å². The van der Waals surface area contributed by atoms with E-state index in [1.807, 2.05) is 30.6 Å². The molecule has 3 aromatic rings. The first-order valence-corrected chi connectivity index (χ1v) is 10.2. The summed E-state index contributed by atoms with van der Waals surface area (Å²) < 4.78 is 5.07. The number of aromatic amines is 1. The molecule has 0 atom stereocenters. The molecule has 4 rings (SSSR count). The SMILES string of the molecule is COCCc1ncc(CN2CCC(c3cc(=O)[nH]c(-c4ccccn4)n3)CC2)cn1. The van der Waals surface area contributed by atoms with Crippen molar-refractivity contribution in [2.45, 2.75) is 31.7 Å². The molecule has 1 N–H and O–H groups in total. The summed E-state index contributed by atoms with van der Waals surface area (Å²) in [5.74, 6) is 1.62. The number of methoxy groups -OCH3 is 1. The van der Waals surface area contributed by atoms with Gasteiger partial charge in [0.1, 0.15) is 11.5 Å². The molecule has 8 heteroatoms. The lowest BCUT2D eigenvalue weighted by Crippen LogP contribution is -2.33. The minimum Gasteiger partial charge on any atom is -0.384 e. The molecule has 0 amide bonds. The lowest BCUT2D eigenvalue weighted by molar-refractivity contribution is 0.199. The van der Waals surface area contributed by atoms with Crippen molar-refractivity contribution in [3.8, 4) is 11.5 Å². The number of rotatable bonds is 7. The largest absolute Gasteiger partial charge is 0.384 e. The van der Waals surface area contributed by atoms with Crippen LogP contribution in [0.1, 0.15) is 35.8 Å². The van der Waals surface area contributed by atoms with Crippen LogP contribution in [0.4, 0.5) is 0 Å². The van der Waals surface area contributed by atoms with Crippen LogP contribution >= 0.6 is 0 Å². The van der Waals surface area contributed by atoms with Gasteiger partial charge in [0.15, 0.2) is 5.82 Å². The number of likely N-dealkylation sites (tertiary alicyclic amines) is 1. The molecule has 0 aliphatic carbocycles. The summed E-state index contributed by atoms with van der Waals surface area (Å²) >= 11 is 0. The molecule has 0 aromatic carbocycles. The van der Waals surface area contributed by atoms with E-state index in [0.717, 1.165) is 56.0 Å². The van der Waals surface area contributed by atoms with Gasteiger partial charge in [0.05, 0.1) is 12.3 Å². The molecule has 8 nitrogen and oxygen atoms in total. The van der Waals surface area contributed by atoms with Crippen molar-refractivity contribution in [2.24, 2.45) is 0 Å². The van der Waals surface area contributed by atoms with Crippen molar-refractivity contribution < 1.29 is 4.74 Å². The normalized spacial score (nSPS) is 15.4. The molecule has 0 spiro atoms. The van der Waals surface area contributed by atoms with E-state index in [1.54, 1.807) is 19.4 Å². The molecule has 0 unspecified atom stereocenters. The van der Waals surface area contributed by atoms with Crippen LogP contribution in [0.25, 0.3) is 11.5 Å². The Morgan fingerprint density at radius 2 is 1.97 bits per heavy atom. The molecule has 1 fully saturated rings. The van der Waals surface area contributed by atoms with Gasteiger partial charge in [-0.2, -0.15) is 0 Å². The van der Waals surface area contributed by atoms with E-state index in [2.05, 4.69) is 24.8 Å². The minimum atomic E-state index is -0.131. The lowest BCUT2D eigenvalue weighted by Gasteiger charge is -2.31. The zero-order valence-corrected chi connectivity index (χ0v) is 17.1. The molecule has 4 heterocycles. The van der Waals surface area contributed by atoms with Crippen molar-refractivity contribution in [1.82, 2.24) is 29.8 Å². The molecule has 30 heavy (non-hydrogen) atoms. The van der Waals surface area contributed by atoms with Gasteiger partial charge in [-0.05, 0) is 38.1 Å². The van der Waals surface area contributed by atoms with Crippen LogP contribution in [-0.2, 0) is 17.7 Å². The second-order valence-corrected chi connectivity index (χ2v) is 7.53. The topological polar surface area (TPSA) is 96.9 Å². The second kappa shape index (κ2) is 9.69. The van der Waals surface area contributed by atoms with Gasteiger partial charge in [0.25, 0.3) is 5.56 Å². The van der Waals surface area contributed by atoms with Crippen LogP contribution in [0.3, 0.4) is 0 Å². The Kier molecular flexibility index (Phi) is 6.56. The van der Waals surface area contributed by atoms with E-state index in [9.17, 15) is 4.79 Å². The third kappa shape index (κ3) is 5.14. The average Bonchev–Trinajstić information content (AvgIpc) is 2.79. The number of ether oxygens (including phenoxy) is 1. The van der Waals surface area contributed by atoms with Gasteiger partial charge in [-0.1, -0.05) is 6.07 Å². The zero-order chi connectivity index (χ0) is 20.8. The molecule has 1 aliphatic heterocycles. The highest BCUT2D eigenvalue weighted by Crippen LogP contribution is 2.27. The fraction of sp³-hybridized carbons (Fsp3) is 0.409. The number of hydrogen-bond donors (Lipinski definition) is 1. The van der Waals surface area contributed by atoms with E-state index >= 15 is 0 Å². The Morgan fingerprint density at radius 3 is 2.67 bits per heavy atom. The van der Waals surface area contributed by atoms with Crippen molar-refractivity contribution in [3.05, 3.63) is 70.3 Å². The number of aromatic nitrogens is 5. The molecule has 1 saturated heterocycles. The summed E-state index contributed by atoms with van der Waals surface area (Å²) in [6.45, 7) is 3.36. The Morgan fingerprint density at radius 1 is 1.17 bits per heavy atom. The summed E-state index contributed by atoms with van der Waals surface area (Å²) in [7, 11) is 1.68. The maximum absolute atomic E-state index is 12.2. The summed E-state index contributed by atoms with van der Waals surface area (Å²) in [5, 5.41) is 0. The summed E-state index contributed by atoms with van der Waals surface area (Å²) in [6.07, 6.45) is 8.17. The van der Waals surface area contributed by atoms with Gasteiger partial charge in [-0.3, -0.25) is 14.7 Å². The number of pyridine rings is 1. The smallest absolute Gasteiger partial charge is 0.251 e. The third-order valence-corrected chi connectivity index (χ3v) is 5.37. The molecule has 1 aliphatic rings. The van der Waals surface area contributed by atoms with Gasteiger partial charge >= 0.3 is 0 Å². The lowest BCUT2D eigenvalue weighted by atomic mass is 9.93. The average molecular weight is 406 g/mol. The van der Waals surface area contributed by atoms with E-state index < -0.39 is 0 Å². The van der Waals surface area contributed by atoms with Crippen LogP contribution in [0, 0.1) is 0 Å². The highest BCUT2D eigenvalue weighted by atomic mass is 16.5. The highest BCUT2D eigenvalue weighted by molar-refractivity contribution is 5.48. The van der Waals surface area contributed by atoms with E-state index in [-0.39, 0.29) is 11.5 Å². The number of hydrogen-bond acceptors (Lipinski definition) is 7. The van der Waals surface area contributed by atoms with Crippen LogP contribution in [0.2, 0.25) is 0 Å². The molecular weight excluding hydrogens is 380 g/mol.